The summed E-state index contributed by atoms with van der Waals surface area (Å²) in [5.74, 6) is 1.96. The number of hydrogen-bond acceptors (Lipinski definition) is 4. The lowest BCUT2D eigenvalue weighted by Crippen LogP contribution is -2.03. The highest BCUT2D eigenvalue weighted by Crippen LogP contribution is 2.15. The first-order chi connectivity index (χ1) is 11.2. The molecule has 0 aliphatic rings. The topological polar surface area (TPSA) is 57.3 Å². The Morgan fingerprint density at radius 3 is 2.78 bits per heavy atom. The van der Waals surface area contributed by atoms with Crippen LogP contribution >= 0.6 is 0 Å². The summed E-state index contributed by atoms with van der Waals surface area (Å²) in [7, 11) is 1.73. The fraction of sp³-hybridized carbons (Fsp3) is 0.111. The minimum absolute atomic E-state index is 0.122. The zero-order chi connectivity index (χ0) is 16.1. The van der Waals surface area contributed by atoms with Crippen LogP contribution in [0.15, 0.2) is 65.2 Å². The molecule has 3 rings (SSSR count). The van der Waals surface area contributed by atoms with Gasteiger partial charge in [0.1, 0.15) is 29.6 Å². The van der Waals surface area contributed by atoms with Gasteiger partial charge in [-0.2, -0.15) is 5.10 Å². The van der Waals surface area contributed by atoms with Crippen LogP contribution < -0.4 is 4.74 Å². The number of para-hydroxylation sites is 1. The molecule has 0 fully saturated rings. The summed E-state index contributed by atoms with van der Waals surface area (Å²) in [5, 5.41) is 3.97. The third-order valence-corrected chi connectivity index (χ3v) is 3.28. The Labute approximate surface area is 133 Å². The quantitative estimate of drug-likeness (QED) is 0.516. The highest BCUT2D eigenvalue weighted by Gasteiger charge is 2.07. The molecule has 5 nitrogen and oxygen atoms in total. The maximum atomic E-state index is 12.0. The molecule has 0 saturated heterocycles. The van der Waals surface area contributed by atoms with Gasteiger partial charge in [0.15, 0.2) is 0 Å². The van der Waals surface area contributed by atoms with E-state index < -0.39 is 0 Å². The third-order valence-electron chi connectivity index (χ3n) is 3.28. The van der Waals surface area contributed by atoms with Crippen LogP contribution in [0.5, 0.6) is 5.75 Å². The maximum absolute atomic E-state index is 12.0. The Bertz CT molecular complexity index is 816. The molecule has 116 valence electrons. The van der Waals surface area contributed by atoms with Crippen molar-refractivity contribution >= 4 is 11.9 Å². The van der Waals surface area contributed by atoms with E-state index >= 15 is 0 Å². The minimum Gasteiger partial charge on any atom is -0.486 e. The van der Waals surface area contributed by atoms with Gasteiger partial charge in [-0.3, -0.25) is 9.48 Å². The van der Waals surface area contributed by atoms with Crippen molar-refractivity contribution in [3.05, 3.63) is 78.0 Å². The monoisotopic (exact) mass is 308 g/mol. The SMILES string of the molecule is Cn1nccc1C(=O)/C=C/c1ccc(COc2ccccc2)o1. The molecule has 0 aliphatic carbocycles. The molecule has 0 N–H and O–H groups in total. The van der Waals surface area contributed by atoms with Crippen LogP contribution in [0, 0.1) is 0 Å². The number of aryl methyl sites for hydroxylation is 1. The van der Waals surface area contributed by atoms with E-state index in [0.717, 1.165) is 5.75 Å². The summed E-state index contributed by atoms with van der Waals surface area (Å²) in [6.45, 7) is 0.341. The summed E-state index contributed by atoms with van der Waals surface area (Å²) in [5.41, 5.74) is 0.528. The second kappa shape index (κ2) is 6.79. The Kier molecular flexibility index (Phi) is 4.38. The van der Waals surface area contributed by atoms with Crippen molar-refractivity contribution in [2.45, 2.75) is 6.61 Å². The van der Waals surface area contributed by atoms with Gasteiger partial charge in [0.05, 0.1) is 0 Å². The fourth-order valence-corrected chi connectivity index (χ4v) is 2.09. The van der Waals surface area contributed by atoms with Crippen molar-refractivity contribution in [1.29, 1.82) is 0 Å². The molecular formula is C18H16N2O3. The summed E-state index contributed by atoms with van der Waals surface area (Å²) in [4.78, 5) is 12.0. The number of aromatic nitrogens is 2. The van der Waals surface area contributed by atoms with E-state index in [1.165, 1.54) is 10.8 Å². The molecule has 0 bridgehead atoms. The first-order valence-electron chi connectivity index (χ1n) is 7.19. The standard InChI is InChI=1S/C18H16N2O3/c1-20-17(11-12-19-20)18(21)10-9-15-7-8-16(23-15)13-22-14-5-3-2-4-6-14/h2-12H,13H2,1H3/b10-9+. The number of ether oxygens (including phenoxy) is 1. The van der Waals surface area contributed by atoms with Crippen LogP contribution in [0.3, 0.4) is 0 Å². The van der Waals surface area contributed by atoms with Crippen LogP contribution in [0.1, 0.15) is 22.0 Å². The third kappa shape index (κ3) is 3.77. The lowest BCUT2D eigenvalue weighted by molar-refractivity contribution is 0.103. The van der Waals surface area contributed by atoms with E-state index in [9.17, 15) is 4.79 Å². The first-order valence-corrected chi connectivity index (χ1v) is 7.19. The second-order valence-electron chi connectivity index (χ2n) is 4.94. The maximum Gasteiger partial charge on any atom is 0.203 e. The second-order valence-corrected chi connectivity index (χ2v) is 4.94. The Balaban J connectivity index is 1.60. The summed E-state index contributed by atoms with van der Waals surface area (Å²) >= 11 is 0. The number of furan rings is 1. The zero-order valence-corrected chi connectivity index (χ0v) is 12.7. The van der Waals surface area contributed by atoms with E-state index in [2.05, 4.69) is 5.10 Å². The molecule has 0 spiro atoms. The van der Waals surface area contributed by atoms with Gasteiger partial charge in [-0.05, 0) is 42.5 Å². The molecule has 0 aliphatic heterocycles. The van der Waals surface area contributed by atoms with Crippen LogP contribution in [-0.2, 0) is 13.7 Å². The van der Waals surface area contributed by atoms with Gasteiger partial charge < -0.3 is 9.15 Å². The first kappa shape index (κ1) is 14.8. The van der Waals surface area contributed by atoms with Crippen molar-refractivity contribution in [3.8, 4) is 5.75 Å². The Morgan fingerprint density at radius 2 is 2.04 bits per heavy atom. The summed E-state index contributed by atoms with van der Waals surface area (Å²) in [6.07, 6.45) is 4.70. The lowest BCUT2D eigenvalue weighted by Gasteiger charge is -2.02. The highest BCUT2D eigenvalue weighted by atomic mass is 16.5. The number of carbonyl (C=O) groups excluding carboxylic acids is 1. The molecular weight excluding hydrogens is 292 g/mol. The van der Waals surface area contributed by atoms with Gasteiger partial charge in [0, 0.05) is 13.2 Å². The highest BCUT2D eigenvalue weighted by molar-refractivity contribution is 6.05. The van der Waals surface area contributed by atoms with Crippen LogP contribution in [0.25, 0.3) is 6.08 Å². The fourth-order valence-electron chi connectivity index (χ4n) is 2.09. The Morgan fingerprint density at radius 1 is 1.22 bits per heavy atom. The molecule has 0 atom stereocenters. The van der Waals surface area contributed by atoms with Crippen molar-refractivity contribution in [2.75, 3.05) is 0 Å². The van der Waals surface area contributed by atoms with Crippen molar-refractivity contribution in [1.82, 2.24) is 9.78 Å². The molecule has 0 amide bonds. The number of rotatable bonds is 6. The number of hydrogen-bond donors (Lipinski definition) is 0. The average molecular weight is 308 g/mol. The lowest BCUT2D eigenvalue weighted by atomic mass is 10.2. The van der Waals surface area contributed by atoms with Crippen molar-refractivity contribution in [3.63, 3.8) is 0 Å². The van der Waals surface area contributed by atoms with E-state index in [-0.39, 0.29) is 5.78 Å². The van der Waals surface area contributed by atoms with Gasteiger partial charge in [0.25, 0.3) is 0 Å². The van der Waals surface area contributed by atoms with Gasteiger partial charge >= 0.3 is 0 Å². The van der Waals surface area contributed by atoms with E-state index in [0.29, 0.717) is 23.8 Å². The van der Waals surface area contributed by atoms with Gasteiger partial charge in [-0.15, -0.1) is 0 Å². The molecule has 2 heterocycles. The molecule has 23 heavy (non-hydrogen) atoms. The Hall–Kier alpha value is -3.08. The van der Waals surface area contributed by atoms with Crippen LogP contribution in [0.4, 0.5) is 0 Å². The van der Waals surface area contributed by atoms with Gasteiger partial charge in [-0.25, -0.2) is 0 Å². The molecule has 0 unspecified atom stereocenters. The minimum atomic E-state index is -0.122. The molecule has 0 saturated carbocycles. The number of nitrogens with zero attached hydrogens (tertiary/aromatic N) is 2. The summed E-state index contributed by atoms with van der Waals surface area (Å²) < 4.78 is 12.8. The number of allylic oxidation sites excluding steroid dienone is 1. The van der Waals surface area contributed by atoms with E-state index in [4.69, 9.17) is 9.15 Å². The van der Waals surface area contributed by atoms with Crippen LogP contribution in [-0.4, -0.2) is 15.6 Å². The largest absolute Gasteiger partial charge is 0.486 e. The molecule has 2 aromatic heterocycles. The predicted molar refractivity (Wildman–Crippen MR) is 86.1 cm³/mol. The van der Waals surface area contributed by atoms with Crippen molar-refractivity contribution in [2.24, 2.45) is 7.05 Å². The molecule has 5 heteroatoms. The van der Waals surface area contributed by atoms with Gasteiger partial charge in [0.2, 0.25) is 5.78 Å². The molecule has 1 aromatic carbocycles. The summed E-state index contributed by atoms with van der Waals surface area (Å²) in [6, 6.07) is 14.8. The van der Waals surface area contributed by atoms with Crippen LogP contribution in [0.2, 0.25) is 0 Å². The van der Waals surface area contributed by atoms with E-state index in [1.807, 2.05) is 36.4 Å². The molecule has 3 aromatic rings. The number of ketones is 1. The predicted octanol–water partition coefficient (Wildman–Crippen LogP) is 3.49. The number of carbonyl (C=O) groups is 1. The van der Waals surface area contributed by atoms with E-state index in [1.54, 1.807) is 31.5 Å². The van der Waals surface area contributed by atoms with Gasteiger partial charge in [-0.1, -0.05) is 18.2 Å². The smallest absolute Gasteiger partial charge is 0.203 e. The van der Waals surface area contributed by atoms with Crippen molar-refractivity contribution < 1.29 is 13.9 Å². The number of benzene rings is 1. The average Bonchev–Trinajstić information content (AvgIpc) is 3.20. The zero-order valence-electron chi connectivity index (χ0n) is 12.7. The normalized spacial score (nSPS) is 11.0. The molecule has 0 radical (unpaired) electrons.